The summed E-state index contributed by atoms with van der Waals surface area (Å²) in [6, 6.07) is 12.6. The molecular formula is C25H35N3O7S. The normalized spacial score (nSPS) is 17.4. The molecule has 0 fully saturated rings. The highest BCUT2D eigenvalue weighted by atomic mass is 32.2. The van der Waals surface area contributed by atoms with Crippen molar-refractivity contribution >= 4 is 21.8 Å². The summed E-state index contributed by atoms with van der Waals surface area (Å²) in [5.74, 6) is -0.350. The van der Waals surface area contributed by atoms with Crippen LogP contribution in [0, 0.1) is 21.4 Å². The Labute approximate surface area is 215 Å². The number of benzene rings is 2. The maximum Gasteiger partial charge on any atom is 0.405 e. The van der Waals surface area contributed by atoms with Gasteiger partial charge in [-0.15, -0.1) is 0 Å². The Morgan fingerprint density at radius 3 is 2.17 bits per heavy atom. The Balaban J connectivity index is 2.74. The summed E-state index contributed by atoms with van der Waals surface area (Å²) in [7, 11) is -4.56. The molecule has 0 saturated carbocycles. The molecule has 11 heteroatoms. The van der Waals surface area contributed by atoms with Crippen molar-refractivity contribution < 1.29 is 31.1 Å². The Morgan fingerprint density at radius 1 is 1.17 bits per heavy atom. The van der Waals surface area contributed by atoms with E-state index in [0.29, 0.717) is 9.87 Å². The van der Waals surface area contributed by atoms with Crippen molar-refractivity contribution in [1.82, 2.24) is 9.62 Å². The fourth-order valence-electron chi connectivity index (χ4n) is 3.82. The van der Waals surface area contributed by atoms with E-state index in [1.807, 2.05) is 0 Å². The van der Waals surface area contributed by atoms with E-state index in [-0.39, 0.29) is 29.5 Å². The lowest BCUT2D eigenvalue weighted by molar-refractivity contribution is -0.384. The summed E-state index contributed by atoms with van der Waals surface area (Å²) in [4.78, 5) is 22.0. The topological polar surface area (TPSA) is 150 Å². The van der Waals surface area contributed by atoms with Crippen LogP contribution in [0.1, 0.15) is 42.9 Å². The molecule has 2 aromatic rings. The molecule has 3 atom stereocenters. The van der Waals surface area contributed by atoms with E-state index in [2.05, 4.69) is 5.32 Å². The number of carbonyl (C=O) groups is 1. The number of nitro benzene ring substituents is 1. The van der Waals surface area contributed by atoms with E-state index in [1.165, 1.54) is 0 Å². The lowest BCUT2D eigenvalue weighted by Gasteiger charge is -2.49. The maximum atomic E-state index is 13.7. The van der Waals surface area contributed by atoms with Crippen LogP contribution in [-0.2, 0) is 16.4 Å². The average Bonchev–Trinajstić information content (AvgIpc) is 2.81. The predicted octanol–water partition coefficient (Wildman–Crippen LogP) is 3.90. The number of nitrogens with zero attached hydrogens (tertiary/aromatic N) is 2. The third kappa shape index (κ3) is 6.80. The number of hydrogen-bond acceptors (Lipinski definition) is 6. The molecule has 0 spiro atoms. The van der Waals surface area contributed by atoms with Gasteiger partial charge >= 0.3 is 6.09 Å². The van der Waals surface area contributed by atoms with Crippen LogP contribution in [0.4, 0.5) is 10.5 Å². The molecule has 0 saturated heterocycles. The van der Waals surface area contributed by atoms with Gasteiger partial charge in [0.1, 0.15) is 0 Å². The van der Waals surface area contributed by atoms with E-state index >= 15 is 0 Å². The second kappa shape index (κ2) is 11.4. The average molecular weight is 524 g/mol. The molecule has 2 aromatic carbocycles. The van der Waals surface area contributed by atoms with Crippen LogP contribution >= 0.6 is 0 Å². The van der Waals surface area contributed by atoms with Crippen molar-refractivity contribution in [3.8, 4) is 0 Å². The van der Waals surface area contributed by atoms with E-state index in [0.717, 1.165) is 24.3 Å². The van der Waals surface area contributed by atoms with Crippen LogP contribution in [0.25, 0.3) is 0 Å². The standard InChI is InChI=1S/C25H35N3O7S/c1-18(2)16-27(36(34,35)21-13-11-20(12-14-21)28(32)33)17-22(29)25(24(3,4)5,26-23(30)31)15-19-9-7-6-8-10-19/h6-14,18,22,26,29H,15-17H2,1-5H3,(H,30,31)/t22-,25?/m1/s1/i17D,22D/t17?,22-,25?. The first-order chi connectivity index (χ1) is 17.4. The number of amides is 1. The van der Waals surface area contributed by atoms with Gasteiger partial charge in [0.25, 0.3) is 5.69 Å². The highest BCUT2D eigenvalue weighted by Gasteiger charge is 2.50. The molecule has 2 unspecified atom stereocenters. The Bertz CT molecular complexity index is 1230. The minimum absolute atomic E-state index is 0.216. The summed E-state index contributed by atoms with van der Waals surface area (Å²) >= 11 is 0. The fraction of sp³-hybridized carbons (Fsp3) is 0.480. The molecule has 2 rings (SSSR count). The highest BCUT2D eigenvalue weighted by Crippen LogP contribution is 2.37. The third-order valence-corrected chi connectivity index (χ3v) is 7.56. The molecule has 0 aliphatic heterocycles. The van der Waals surface area contributed by atoms with Gasteiger partial charge in [-0.3, -0.25) is 10.1 Å². The summed E-state index contributed by atoms with van der Waals surface area (Å²) in [5.41, 5.74) is -3.01. The number of hydrogen-bond donors (Lipinski definition) is 3. The number of carboxylic acid groups (broad SMARTS) is 1. The Morgan fingerprint density at radius 2 is 1.72 bits per heavy atom. The fourth-order valence-corrected chi connectivity index (χ4v) is 5.31. The first-order valence-corrected chi connectivity index (χ1v) is 12.8. The summed E-state index contributed by atoms with van der Waals surface area (Å²) < 4.78 is 46.1. The Hall–Kier alpha value is -3.02. The first kappa shape index (κ1) is 26.1. The molecule has 0 aromatic heterocycles. The van der Waals surface area contributed by atoms with Crippen LogP contribution in [0.3, 0.4) is 0 Å². The van der Waals surface area contributed by atoms with Gasteiger partial charge in [-0.1, -0.05) is 65.0 Å². The first-order valence-electron chi connectivity index (χ1n) is 12.4. The van der Waals surface area contributed by atoms with E-state index in [4.69, 9.17) is 2.74 Å². The van der Waals surface area contributed by atoms with Crippen molar-refractivity contribution in [3.63, 3.8) is 0 Å². The molecule has 198 valence electrons. The number of sulfonamides is 1. The van der Waals surface area contributed by atoms with Crippen LogP contribution < -0.4 is 5.32 Å². The summed E-state index contributed by atoms with van der Waals surface area (Å²) in [5, 5.41) is 34.9. The van der Waals surface area contributed by atoms with Crippen molar-refractivity contribution in [3.05, 3.63) is 70.3 Å². The summed E-state index contributed by atoms with van der Waals surface area (Å²) in [6.45, 7) is 5.67. The second-order valence-electron chi connectivity index (χ2n) is 9.98. The smallest absolute Gasteiger partial charge is 0.405 e. The van der Waals surface area contributed by atoms with Gasteiger partial charge in [0, 0.05) is 26.6 Å². The largest absolute Gasteiger partial charge is 0.465 e. The quantitative estimate of drug-likeness (QED) is 0.299. The lowest BCUT2D eigenvalue weighted by Crippen LogP contribution is -2.67. The van der Waals surface area contributed by atoms with Crippen molar-refractivity contribution in [2.75, 3.05) is 13.1 Å². The predicted molar refractivity (Wildman–Crippen MR) is 136 cm³/mol. The van der Waals surface area contributed by atoms with Gasteiger partial charge < -0.3 is 15.5 Å². The van der Waals surface area contributed by atoms with E-state index in [1.54, 1.807) is 65.0 Å². The molecule has 0 aliphatic carbocycles. The minimum atomic E-state index is -4.56. The molecular weight excluding hydrogens is 486 g/mol. The molecule has 10 nitrogen and oxygen atoms in total. The minimum Gasteiger partial charge on any atom is -0.465 e. The van der Waals surface area contributed by atoms with Crippen molar-refractivity contribution in [2.24, 2.45) is 11.3 Å². The van der Waals surface area contributed by atoms with Crippen LogP contribution in [0.15, 0.2) is 59.5 Å². The molecule has 3 N–H and O–H groups in total. The monoisotopic (exact) mass is 523 g/mol. The van der Waals surface area contributed by atoms with Gasteiger partial charge in [0.2, 0.25) is 10.0 Å². The number of nitrogens with one attached hydrogen (secondary N) is 1. The molecule has 0 radical (unpaired) electrons. The zero-order valence-electron chi connectivity index (χ0n) is 23.0. The van der Waals surface area contributed by atoms with Gasteiger partial charge in [0.15, 0.2) is 0 Å². The molecule has 0 heterocycles. The van der Waals surface area contributed by atoms with Gasteiger partial charge in [-0.2, -0.15) is 4.31 Å². The number of nitro groups is 1. The SMILES string of the molecule is [2H]C(N(CC(C)C)S(=O)(=O)c1ccc([N+](=O)[O-])cc1)[C@@]([2H])(O)C(Cc1ccccc1)(NC(=O)O)C(C)(C)C. The zero-order valence-corrected chi connectivity index (χ0v) is 21.8. The number of non-ortho nitro benzene ring substituents is 1. The summed E-state index contributed by atoms with van der Waals surface area (Å²) in [6.07, 6.45) is -4.78. The van der Waals surface area contributed by atoms with Crippen molar-refractivity contribution in [2.45, 2.75) is 57.6 Å². The maximum absolute atomic E-state index is 13.7. The van der Waals surface area contributed by atoms with Gasteiger partial charge in [-0.25, -0.2) is 13.2 Å². The highest BCUT2D eigenvalue weighted by molar-refractivity contribution is 7.89. The second-order valence-corrected chi connectivity index (χ2v) is 11.9. The van der Waals surface area contributed by atoms with E-state index in [9.17, 15) is 33.5 Å². The molecule has 1 amide bonds. The van der Waals surface area contributed by atoms with E-state index < -0.39 is 44.6 Å². The third-order valence-electron chi connectivity index (χ3n) is 5.82. The van der Waals surface area contributed by atoms with Crippen LogP contribution in [0.5, 0.6) is 0 Å². The van der Waals surface area contributed by atoms with Crippen molar-refractivity contribution in [1.29, 1.82) is 0 Å². The number of aliphatic hydroxyl groups is 1. The van der Waals surface area contributed by atoms with Crippen LogP contribution in [0.2, 0.25) is 0 Å². The molecule has 36 heavy (non-hydrogen) atoms. The van der Waals surface area contributed by atoms with Gasteiger partial charge in [0.05, 0.1) is 22.8 Å². The number of rotatable bonds is 11. The Kier molecular flexibility index (Phi) is 8.22. The zero-order chi connectivity index (χ0) is 29.1. The lowest BCUT2D eigenvalue weighted by atomic mass is 9.66. The van der Waals surface area contributed by atoms with Gasteiger partial charge in [-0.05, 0) is 35.4 Å². The molecule has 0 aliphatic rings. The molecule has 0 bridgehead atoms. The van der Waals surface area contributed by atoms with Crippen LogP contribution in [-0.4, -0.2) is 58.6 Å².